The van der Waals surface area contributed by atoms with E-state index in [9.17, 15) is 4.79 Å². The van der Waals surface area contributed by atoms with Crippen LogP contribution >= 0.6 is 0 Å². The van der Waals surface area contributed by atoms with Gasteiger partial charge < -0.3 is 9.64 Å². The van der Waals surface area contributed by atoms with Gasteiger partial charge in [-0.3, -0.25) is 9.69 Å². The summed E-state index contributed by atoms with van der Waals surface area (Å²) in [6.07, 6.45) is 1.15. The summed E-state index contributed by atoms with van der Waals surface area (Å²) in [6, 6.07) is 0.622. The Hall–Kier alpha value is -1.03. The predicted octanol–water partition coefficient (Wildman–Crippen LogP) is 1.87. The third-order valence-electron chi connectivity index (χ3n) is 3.44. The van der Waals surface area contributed by atoms with Crippen molar-refractivity contribution in [2.75, 3.05) is 26.2 Å². The molecule has 2 unspecified atom stereocenters. The quantitative estimate of drug-likeness (QED) is 0.554. The summed E-state index contributed by atoms with van der Waals surface area (Å²) in [5, 5.41) is 0. The Labute approximate surface area is 111 Å². The van der Waals surface area contributed by atoms with Crippen LogP contribution in [-0.2, 0) is 9.53 Å². The van der Waals surface area contributed by atoms with Gasteiger partial charge in [-0.2, -0.15) is 0 Å². The van der Waals surface area contributed by atoms with Gasteiger partial charge in [-0.15, -0.1) is 0 Å². The number of nitrogens with zero attached hydrogens (tertiary/aromatic N) is 2. The number of piperazine rings is 1. The third-order valence-corrected chi connectivity index (χ3v) is 3.44. The zero-order chi connectivity index (χ0) is 13.7. The van der Waals surface area contributed by atoms with Gasteiger partial charge in [-0.25, -0.2) is 0 Å². The summed E-state index contributed by atoms with van der Waals surface area (Å²) in [5.41, 5.74) is 0. The zero-order valence-electron chi connectivity index (χ0n) is 12.1. The van der Waals surface area contributed by atoms with Crippen LogP contribution in [0.5, 0.6) is 0 Å². The molecule has 0 aromatic rings. The zero-order valence-corrected chi connectivity index (χ0v) is 12.1. The number of ether oxygens (including phenoxy) is 1. The first-order valence-corrected chi connectivity index (χ1v) is 6.87. The van der Waals surface area contributed by atoms with Gasteiger partial charge in [0.05, 0.1) is 6.61 Å². The summed E-state index contributed by atoms with van der Waals surface area (Å²) in [5.74, 6) is 0.202. The summed E-state index contributed by atoms with van der Waals surface area (Å²) >= 11 is 0. The van der Waals surface area contributed by atoms with Crippen molar-refractivity contribution < 1.29 is 9.53 Å². The monoisotopic (exact) mass is 254 g/mol. The van der Waals surface area contributed by atoms with E-state index in [4.69, 9.17) is 4.74 Å². The van der Waals surface area contributed by atoms with Crippen LogP contribution in [0, 0.1) is 0 Å². The van der Waals surface area contributed by atoms with Gasteiger partial charge in [0, 0.05) is 25.2 Å². The molecule has 18 heavy (non-hydrogen) atoms. The van der Waals surface area contributed by atoms with Crippen LogP contribution in [0.1, 0.15) is 34.1 Å². The van der Waals surface area contributed by atoms with Crippen molar-refractivity contribution in [3.63, 3.8) is 0 Å². The average molecular weight is 254 g/mol. The van der Waals surface area contributed by atoms with E-state index in [1.165, 1.54) is 0 Å². The van der Waals surface area contributed by atoms with Crippen molar-refractivity contribution >= 4 is 5.91 Å². The molecule has 1 saturated heterocycles. The van der Waals surface area contributed by atoms with Crippen molar-refractivity contribution in [1.29, 1.82) is 0 Å². The van der Waals surface area contributed by atoms with Crippen molar-refractivity contribution in [2.45, 2.75) is 46.2 Å². The van der Waals surface area contributed by atoms with Crippen molar-refractivity contribution in [2.24, 2.45) is 0 Å². The molecule has 1 aliphatic heterocycles. The van der Waals surface area contributed by atoms with Crippen LogP contribution in [-0.4, -0.2) is 54.0 Å². The molecule has 0 aliphatic carbocycles. The Balaban J connectivity index is 2.64. The smallest absolute Gasteiger partial charge is 0.288 e. The van der Waals surface area contributed by atoms with Crippen molar-refractivity contribution in [1.82, 2.24) is 9.80 Å². The van der Waals surface area contributed by atoms with Crippen LogP contribution in [0.25, 0.3) is 0 Å². The third kappa shape index (κ3) is 3.48. The fourth-order valence-corrected chi connectivity index (χ4v) is 2.48. The van der Waals surface area contributed by atoms with E-state index < -0.39 is 0 Å². The summed E-state index contributed by atoms with van der Waals surface area (Å²) in [4.78, 5) is 16.5. The molecule has 0 aromatic heterocycles. The van der Waals surface area contributed by atoms with Crippen LogP contribution in [0.4, 0.5) is 0 Å². The van der Waals surface area contributed by atoms with Gasteiger partial charge in [-0.1, -0.05) is 13.5 Å². The van der Waals surface area contributed by atoms with Gasteiger partial charge in [0.15, 0.2) is 5.76 Å². The first-order chi connectivity index (χ1) is 8.51. The van der Waals surface area contributed by atoms with Gasteiger partial charge in [0.2, 0.25) is 0 Å². The molecule has 1 amide bonds. The molecule has 0 aromatic carbocycles. The Morgan fingerprint density at radius 1 is 1.28 bits per heavy atom. The van der Waals surface area contributed by atoms with E-state index in [2.05, 4.69) is 32.3 Å². The second-order valence-electron chi connectivity index (χ2n) is 5.01. The maximum Gasteiger partial charge on any atom is 0.288 e. The highest BCUT2D eigenvalue weighted by atomic mass is 16.5. The Morgan fingerprint density at radius 2 is 1.94 bits per heavy atom. The second-order valence-corrected chi connectivity index (χ2v) is 5.01. The molecule has 1 rings (SSSR count). The minimum Gasteiger partial charge on any atom is -0.489 e. The molecule has 2 atom stereocenters. The molecule has 0 saturated carbocycles. The Bertz CT molecular complexity index is 304. The molecule has 4 heteroatoms. The summed E-state index contributed by atoms with van der Waals surface area (Å²) in [6.45, 7) is 15.3. The van der Waals surface area contributed by atoms with E-state index in [0.29, 0.717) is 12.6 Å². The van der Waals surface area contributed by atoms with Gasteiger partial charge in [0.1, 0.15) is 0 Å². The van der Waals surface area contributed by atoms with E-state index in [1.807, 2.05) is 11.8 Å². The standard InChI is InChI=1S/C14H26N2O2/c1-6-8-15-9-12(4)16(10-11(15)3)14(17)13(5)18-7-2/h11-12H,5-10H2,1-4H3. The van der Waals surface area contributed by atoms with E-state index in [-0.39, 0.29) is 17.7 Å². The van der Waals surface area contributed by atoms with Gasteiger partial charge in [0.25, 0.3) is 5.91 Å². The lowest BCUT2D eigenvalue weighted by atomic mass is 10.1. The van der Waals surface area contributed by atoms with Gasteiger partial charge >= 0.3 is 0 Å². The van der Waals surface area contributed by atoms with Crippen LogP contribution in [0.3, 0.4) is 0 Å². The summed E-state index contributed by atoms with van der Waals surface area (Å²) in [7, 11) is 0. The van der Waals surface area contributed by atoms with Crippen LogP contribution in [0.15, 0.2) is 12.3 Å². The lowest BCUT2D eigenvalue weighted by Crippen LogP contribution is -2.58. The van der Waals surface area contributed by atoms with Crippen LogP contribution < -0.4 is 0 Å². The molecule has 4 nitrogen and oxygen atoms in total. The lowest BCUT2D eigenvalue weighted by Gasteiger charge is -2.44. The first-order valence-electron chi connectivity index (χ1n) is 6.87. The maximum absolute atomic E-state index is 12.2. The molecule has 1 fully saturated rings. The minimum absolute atomic E-state index is 0.0626. The predicted molar refractivity (Wildman–Crippen MR) is 73.3 cm³/mol. The fourth-order valence-electron chi connectivity index (χ4n) is 2.48. The SMILES string of the molecule is C=C(OCC)C(=O)N1CC(C)N(CCC)CC1C. The number of hydrogen-bond donors (Lipinski definition) is 0. The number of carbonyl (C=O) groups is 1. The molecule has 0 spiro atoms. The first kappa shape index (κ1) is 15.0. The lowest BCUT2D eigenvalue weighted by molar-refractivity contribution is -0.136. The number of carbonyl (C=O) groups excluding carboxylic acids is 1. The molecule has 0 N–H and O–H groups in total. The van der Waals surface area contributed by atoms with E-state index in [1.54, 1.807) is 0 Å². The van der Waals surface area contributed by atoms with Gasteiger partial charge in [-0.05, 0) is 33.7 Å². The molecule has 0 bridgehead atoms. The highest BCUT2D eigenvalue weighted by Crippen LogP contribution is 2.17. The molecule has 1 heterocycles. The molecule has 104 valence electrons. The largest absolute Gasteiger partial charge is 0.489 e. The number of amides is 1. The van der Waals surface area contributed by atoms with Crippen molar-refractivity contribution in [3.05, 3.63) is 12.3 Å². The molecule has 1 aliphatic rings. The summed E-state index contributed by atoms with van der Waals surface area (Å²) < 4.78 is 5.22. The Kier molecular flexibility index (Phi) is 5.66. The normalized spacial score (nSPS) is 25.0. The number of rotatable bonds is 5. The van der Waals surface area contributed by atoms with Crippen molar-refractivity contribution in [3.8, 4) is 0 Å². The van der Waals surface area contributed by atoms with E-state index >= 15 is 0 Å². The average Bonchev–Trinajstić information content (AvgIpc) is 2.33. The molecule has 0 radical (unpaired) electrons. The highest BCUT2D eigenvalue weighted by Gasteiger charge is 2.32. The minimum atomic E-state index is -0.0626. The second kappa shape index (κ2) is 6.78. The van der Waals surface area contributed by atoms with Crippen LogP contribution in [0.2, 0.25) is 0 Å². The molecular formula is C14H26N2O2. The topological polar surface area (TPSA) is 32.8 Å². The molecular weight excluding hydrogens is 228 g/mol. The maximum atomic E-state index is 12.2. The fraction of sp³-hybridized carbons (Fsp3) is 0.786. The number of hydrogen-bond acceptors (Lipinski definition) is 3. The Morgan fingerprint density at radius 3 is 2.50 bits per heavy atom. The van der Waals surface area contributed by atoms with E-state index in [0.717, 1.165) is 26.1 Å². The highest BCUT2D eigenvalue weighted by molar-refractivity contribution is 5.91.